The van der Waals surface area contributed by atoms with Gasteiger partial charge in [0.05, 0.1) is 5.92 Å². The molecule has 0 heterocycles. The van der Waals surface area contributed by atoms with Gasteiger partial charge in [0.1, 0.15) is 0 Å². The van der Waals surface area contributed by atoms with Gasteiger partial charge in [-0.15, -0.1) is 0 Å². The van der Waals surface area contributed by atoms with Crippen molar-refractivity contribution in [1.29, 1.82) is 0 Å². The third-order valence-electron chi connectivity index (χ3n) is 2.68. The van der Waals surface area contributed by atoms with Crippen molar-refractivity contribution < 1.29 is 9.90 Å². The highest BCUT2D eigenvalue weighted by atomic mass is 35.5. The van der Waals surface area contributed by atoms with E-state index in [0.29, 0.717) is 17.4 Å². The third kappa shape index (κ3) is 2.99. The molecule has 1 aromatic rings. The standard InChI is InChI=1S/C13H17ClO2/c1-8(2)11-6-4-5-10(12(11)14)7-9(3)13(15)16/h4-6,8-9H,7H2,1-3H3,(H,15,16). The van der Waals surface area contributed by atoms with Gasteiger partial charge in [-0.3, -0.25) is 4.79 Å². The molecule has 0 aliphatic heterocycles. The molecule has 3 heteroatoms. The fourth-order valence-corrected chi connectivity index (χ4v) is 2.04. The summed E-state index contributed by atoms with van der Waals surface area (Å²) in [7, 11) is 0. The topological polar surface area (TPSA) is 37.3 Å². The Bertz CT molecular complexity index is 386. The van der Waals surface area contributed by atoms with Gasteiger partial charge in [-0.05, 0) is 23.5 Å². The molecule has 0 aliphatic carbocycles. The van der Waals surface area contributed by atoms with Gasteiger partial charge in [-0.25, -0.2) is 0 Å². The lowest BCUT2D eigenvalue weighted by atomic mass is 9.95. The molecule has 2 nitrogen and oxygen atoms in total. The van der Waals surface area contributed by atoms with E-state index in [4.69, 9.17) is 16.7 Å². The number of hydrogen-bond acceptors (Lipinski definition) is 1. The molecule has 1 unspecified atom stereocenters. The number of halogens is 1. The lowest BCUT2D eigenvalue weighted by molar-refractivity contribution is -0.141. The minimum atomic E-state index is -0.786. The smallest absolute Gasteiger partial charge is 0.306 e. The summed E-state index contributed by atoms with van der Waals surface area (Å²) in [6, 6.07) is 5.82. The molecule has 88 valence electrons. The summed E-state index contributed by atoms with van der Waals surface area (Å²) in [6.07, 6.45) is 0.481. The van der Waals surface area contributed by atoms with E-state index in [9.17, 15) is 4.79 Å². The zero-order valence-electron chi connectivity index (χ0n) is 9.83. The second kappa shape index (κ2) is 5.35. The predicted molar refractivity (Wildman–Crippen MR) is 66.0 cm³/mol. The van der Waals surface area contributed by atoms with Crippen LogP contribution in [0.25, 0.3) is 0 Å². The van der Waals surface area contributed by atoms with E-state index in [2.05, 4.69) is 13.8 Å². The fourth-order valence-electron chi connectivity index (χ4n) is 1.62. The van der Waals surface area contributed by atoms with Gasteiger partial charge in [-0.2, -0.15) is 0 Å². The first-order chi connectivity index (χ1) is 7.43. The molecule has 0 fully saturated rings. The number of carbonyl (C=O) groups is 1. The Morgan fingerprint density at radius 2 is 2.00 bits per heavy atom. The summed E-state index contributed by atoms with van der Waals surface area (Å²) in [5.74, 6) is -0.835. The monoisotopic (exact) mass is 240 g/mol. The number of benzene rings is 1. The predicted octanol–water partition coefficient (Wildman–Crippen LogP) is 3.73. The van der Waals surface area contributed by atoms with Crippen molar-refractivity contribution in [3.05, 3.63) is 34.3 Å². The quantitative estimate of drug-likeness (QED) is 0.871. The molecule has 0 amide bonds. The highest BCUT2D eigenvalue weighted by molar-refractivity contribution is 6.32. The minimum Gasteiger partial charge on any atom is -0.481 e. The molecular formula is C13H17ClO2. The number of aliphatic carboxylic acids is 1. The first-order valence-corrected chi connectivity index (χ1v) is 5.81. The Labute approximate surface area is 101 Å². The van der Waals surface area contributed by atoms with E-state index in [0.717, 1.165) is 11.1 Å². The maximum absolute atomic E-state index is 10.8. The van der Waals surface area contributed by atoms with E-state index in [1.54, 1.807) is 6.92 Å². The van der Waals surface area contributed by atoms with Gasteiger partial charge in [0.25, 0.3) is 0 Å². The van der Waals surface area contributed by atoms with Crippen LogP contribution in [0.15, 0.2) is 18.2 Å². The van der Waals surface area contributed by atoms with Crippen LogP contribution in [-0.4, -0.2) is 11.1 Å². The SMILES string of the molecule is CC(Cc1cccc(C(C)C)c1Cl)C(=O)O. The molecule has 0 spiro atoms. The average Bonchev–Trinajstić information content (AvgIpc) is 2.20. The van der Waals surface area contributed by atoms with E-state index in [-0.39, 0.29) is 0 Å². The van der Waals surface area contributed by atoms with Crippen LogP contribution in [0.5, 0.6) is 0 Å². The van der Waals surface area contributed by atoms with E-state index in [1.807, 2.05) is 18.2 Å². The van der Waals surface area contributed by atoms with Gasteiger partial charge in [0.15, 0.2) is 0 Å². The maximum Gasteiger partial charge on any atom is 0.306 e. The maximum atomic E-state index is 10.8. The van der Waals surface area contributed by atoms with Crippen LogP contribution in [-0.2, 0) is 11.2 Å². The molecule has 1 atom stereocenters. The van der Waals surface area contributed by atoms with Crippen LogP contribution in [0.4, 0.5) is 0 Å². The number of hydrogen-bond donors (Lipinski definition) is 1. The molecule has 16 heavy (non-hydrogen) atoms. The Hall–Kier alpha value is -1.02. The third-order valence-corrected chi connectivity index (χ3v) is 3.14. The van der Waals surface area contributed by atoms with Crippen molar-refractivity contribution >= 4 is 17.6 Å². The Morgan fingerprint density at radius 3 is 2.50 bits per heavy atom. The Balaban J connectivity index is 2.97. The zero-order chi connectivity index (χ0) is 12.3. The second-order valence-electron chi connectivity index (χ2n) is 4.42. The summed E-state index contributed by atoms with van der Waals surface area (Å²) in [4.78, 5) is 10.8. The molecule has 0 saturated heterocycles. The lowest BCUT2D eigenvalue weighted by Gasteiger charge is -2.13. The van der Waals surface area contributed by atoms with Crippen LogP contribution < -0.4 is 0 Å². The van der Waals surface area contributed by atoms with Gasteiger partial charge < -0.3 is 5.11 Å². The summed E-state index contributed by atoms with van der Waals surface area (Å²) in [5, 5.41) is 9.58. The lowest BCUT2D eigenvalue weighted by Crippen LogP contribution is -2.12. The zero-order valence-corrected chi connectivity index (χ0v) is 10.6. The molecule has 1 aromatic carbocycles. The van der Waals surface area contributed by atoms with Gasteiger partial charge in [-0.1, -0.05) is 50.6 Å². The highest BCUT2D eigenvalue weighted by Crippen LogP contribution is 2.28. The molecule has 0 bridgehead atoms. The summed E-state index contributed by atoms with van der Waals surface area (Å²) >= 11 is 6.26. The molecule has 0 aromatic heterocycles. The van der Waals surface area contributed by atoms with E-state index in [1.165, 1.54) is 0 Å². The number of carboxylic acid groups (broad SMARTS) is 1. The fraction of sp³-hybridized carbons (Fsp3) is 0.462. The van der Waals surface area contributed by atoms with Crippen molar-refractivity contribution in [3.63, 3.8) is 0 Å². The average molecular weight is 241 g/mol. The second-order valence-corrected chi connectivity index (χ2v) is 4.80. The normalized spacial score (nSPS) is 12.8. The molecule has 0 aliphatic rings. The van der Waals surface area contributed by atoms with Crippen LogP contribution in [0.2, 0.25) is 5.02 Å². The van der Waals surface area contributed by atoms with E-state index >= 15 is 0 Å². The molecule has 1 rings (SSSR count). The van der Waals surface area contributed by atoms with Crippen molar-refractivity contribution in [2.24, 2.45) is 5.92 Å². The summed E-state index contributed by atoms with van der Waals surface area (Å²) < 4.78 is 0. The largest absolute Gasteiger partial charge is 0.481 e. The highest BCUT2D eigenvalue weighted by Gasteiger charge is 2.15. The van der Waals surface area contributed by atoms with Gasteiger partial charge in [0, 0.05) is 5.02 Å². The molecular weight excluding hydrogens is 224 g/mol. The van der Waals surface area contributed by atoms with Crippen LogP contribution in [0.3, 0.4) is 0 Å². The summed E-state index contributed by atoms with van der Waals surface area (Å²) in [5.41, 5.74) is 2.00. The van der Waals surface area contributed by atoms with Crippen LogP contribution in [0.1, 0.15) is 37.8 Å². The van der Waals surface area contributed by atoms with Crippen LogP contribution in [0, 0.1) is 5.92 Å². The molecule has 0 radical (unpaired) electrons. The Kier molecular flexibility index (Phi) is 4.36. The van der Waals surface area contributed by atoms with Crippen molar-refractivity contribution in [2.45, 2.75) is 33.1 Å². The first-order valence-electron chi connectivity index (χ1n) is 5.43. The van der Waals surface area contributed by atoms with Gasteiger partial charge in [0.2, 0.25) is 0 Å². The number of rotatable bonds is 4. The minimum absolute atomic E-state index is 0.354. The van der Waals surface area contributed by atoms with E-state index < -0.39 is 11.9 Å². The molecule has 0 saturated carbocycles. The first kappa shape index (κ1) is 13.0. The number of carboxylic acids is 1. The van der Waals surface area contributed by atoms with Gasteiger partial charge >= 0.3 is 5.97 Å². The van der Waals surface area contributed by atoms with Crippen LogP contribution >= 0.6 is 11.6 Å². The summed E-state index contributed by atoms with van der Waals surface area (Å²) in [6.45, 7) is 5.85. The molecule has 1 N–H and O–H groups in total. The van der Waals surface area contributed by atoms with Crippen molar-refractivity contribution in [2.75, 3.05) is 0 Å². The van der Waals surface area contributed by atoms with Crippen molar-refractivity contribution in [3.8, 4) is 0 Å². The Morgan fingerprint density at radius 1 is 1.38 bits per heavy atom. The van der Waals surface area contributed by atoms with Crippen molar-refractivity contribution in [1.82, 2.24) is 0 Å².